The molecule has 0 saturated carbocycles. The van der Waals surface area contributed by atoms with Crippen molar-refractivity contribution in [3.05, 3.63) is 62.0 Å². The van der Waals surface area contributed by atoms with Gasteiger partial charge in [0.25, 0.3) is 5.91 Å². The van der Waals surface area contributed by atoms with Crippen LogP contribution >= 0.6 is 23.2 Å². The van der Waals surface area contributed by atoms with Crippen LogP contribution in [-0.2, 0) is 13.6 Å². The topological polar surface area (TPSA) is 60.3 Å². The molecular weight excluding hydrogens is 327 g/mol. The van der Waals surface area contributed by atoms with E-state index in [0.29, 0.717) is 5.02 Å². The normalized spacial score (nSPS) is 10.4. The Morgan fingerprint density at radius 3 is 2.55 bits per heavy atom. The molecule has 1 heterocycles. The maximum absolute atomic E-state index is 12.3. The number of benzene rings is 1. The summed E-state index contributed by atoms with van der Waals surface area (Å²) in [5.41, 5.74) is 0.851. The highest BCUT2D eigenvalue weighted by Crippen LogP contribution is 2.33. The Labute approximate surface area is 137 Å². The van der Waals surface area contributed by atoms with Crippen LogP contribution in [0.25, 0.3) is 0 Å². The number of aryl methyl sites for hydroxylation is 1. The van der Waals surface area contributed by atoms with Crippen molar-refractivity contribution < 1.29 is 9.53 Å². The van der Waals surface area contributed by atoms with E-state index in [-0.39, 0.29) is 28.4 Å². The van der Waals surface area contributed by atoms with Gasteiger partial charge in [0, 0.05) is 25.9 Å². The Balaban J connectivity index is 2.21. The molecule has 0 saturated heterocycles. The summed E-state index contributed by atoms with van der Waals surface area (Å²) in [6.07, 6.45) is 1.65. The van der Waals surface area contributed by atoms with E-state index in [1.165, 1.54) is 23.8 Å². The molecule has 1 amide bonds. The highest BCUT2D eigenvalue weighted by Gasteiger charge is 2.19. The number of pyridine rings is 1. The van der Waals surface area contributed by atoms with E-state index in [0.717, 1.165) is 5.56 Å². The molecule has 0 aliphatic rings. The summed E-state index contributed by atoms with van der Waals surface area (Å²) in [5, 5.41) is 3.28. The van der Waals surface area contributed by atoms with Gasteiger partial charge in [-0.1, -0.05) is 29.3 Å². The second-order valence-electron chi connectivity index (χ2n) is 4.61. The minimum absolute atomic E-state index is 0.116. The van der Waals surface area contributed by atoms with E-state index < -0.39 is 5.91 Å². The summed E-state index contributed by atoms with van der Waals surface area (Å²) < 4.78 is 6.58. The summed E-state index contributed by atoms with van der Waals surface area (Å²) in [6, 6.07) is 6.19. The molecule has 1 aromatic carbocycles. The third-order valence-corrected chi connectivity index (χ3v) is 3.70. The van der Waals surface area contributed by atoms with Crippen LogP contribution in [0.4, 0.5) is 0 Å². The Hall–Kier alpha value is -1.98. The molecule has 2 rings (SSSR count). The van der Waals surface area contributed by atoms with Gasteiger partial charge in [0.05, 0.1) is 17.2 Å². The van der Waals surface area contributed by atoms with Crippen LogP contribution in [0.5, 0.6) is 5.75 Å². The van der Waals surface area contributed by atoms with Gasteiger partial charge in [-0.15, -0.1) is 0 Å². The SMILES string of the molecule is COc1c(Cl)ccc(Cl)c1C(=O)NCc1ccc(=O)n(C)c1. The lowest BCUT2D eigenvalue weighted by molar-refractivity contribution is 0.0948. The molecule has 0 spiro atoms. The number of rotatable bonds is 4. The first-order valence-electron chi connectivity index (χ1n) is 6.39. The molecule has 0 aliphatic carbocycles. The molecular formula is C15H14Cl2N2O3. The molecule has 0 atom stereocenters. The zero-order valence-corrected chi connectivity index (χ0v) is 13.5. The number of methoxy groups -OCH3 is 1. The predicted octanol–water partition coefficient (Wildman–Crippen LogP) is 2.63. The van der Waals surface area contributed by atoms with Crippen LogP contribution in [0.15, 0.2) is 35.3 Å². The van der Waals surface area contributed by atoms with Crippen LogP contribution in [-0.4, -0.2) is 17.6 Å². The van der Waals surface area contributed by atoms with Crippen molar-refractivity contribution in [2.75, 3.05) is 7.11 Å². The van der Waals surface area contributed by atoms with Gasteiger partial charge in [0.2, 0.25) is 5.56 Å². The van der Waals surface area contributed by atoms with E-state index in [1.807, 2.05) is 0 Å². The summed E-state index contributed by atoms with van der Waals surface area (Å²) in [7, 11) is 3.06. The summed E-state index contributed by atoms with van der Waals surface area (Å²) in [4.78, 5) is 23.6. The number of amides is 1. The van der Waals surface area contributed by atoms with E-state index in [2.05, 4.69) is 5.32 Å². The highest BCUT2D eigenvalue weighted by molar-refractivity contribution is 6.37. The predicted molar refractivity (Wildman–Crippen MR) is 85.9 cm³/mol. The van der Waals surface area contributed by atoms with Crippen LogP contribution in [0.1, 0.15) is 15.9 Å². The number of hydrogen-bond donors (Lipinski definition) is 1. The maximum Gasteiger partial charge on any atom is 0.256 e. The molecule has 1 aromatic heterocycles. The van der Waals surface area contributed by atoms with E-state index in [4.69, 9.17) is 27.9 Å². The molecule has 7 heteroatoms. The molecule has 5 nitrogen and oxygen atoms in total. The summed E-state index contributed by atoms with van der Waals surface area (Å²) in [5.74, 6) is -0.176. The van der Waals surface area contributed by atoms with Crippen molar-refractivity contribution in [3.63, 3.8) is 0 Å². The standard InChI is InChI=1S/C15H14Cl2N2O3/c1-19-8-9(3-6-12(19)20)7-18-15(21)13-10(16)4-5-11(17)14(13)22-2/h3-6,8H,7H2,1-2H3,(H,18,21). The highest BCUT2D eigenvalue weighted by atomic mass is 35.5. The first-order valence-corrected chi connectivity index (χ1v) is 7.15. The Bertz CT molecular complexity index is 772. The number of ether oxygens (including phenoxy) is 1. The minimum Gasteiger partial charge on any atom is -0.494 e. The van der Waals surface area contributed by atoms with Crippen molar-refractivity contribution in [1.29, 1.82) is 0 Å². The number of carbonyl (C=O) groups excluding carboxylic acids is 1. The number of aromatic nitrogens is 1. The number of carbonyl (C=O) groups is 1. The van der Waals surface area contributed by atoms with Crippen molar-refractivity contribution in [2.24, 2.45) is 7.05 Å². The largest absolute Gasteiger partial charge is 0.494 e. The Morgan fingerprint density at radius 2 is 1.91 bits per heavy atom. The van der Waals surface area contributed by atoms with Gasteiger partial charge in [-0.3, -0.25) is 9.59 Å². The Morgan fingerprint density at radius 1 is 1.23 bits per heavy atom. The molecule has 0 aliphatic heterocycles. The molecule has 1 N–H and O–H groups in total. The maximum atomic E-state index is 12.3. The van der Waals surface area contributed by atoms with Gasteiger partial charge < -0.3 is 14.6 Å². The summed E-state index contributed by atoms with van der Waals surface area (Å²) >= 11 is 12.1. The van der Waals surface area contributed by atoms with Gasteiger partial charge in [-0.05, 0) is 17.7 Å². The fraction of sp³-hybridized carbons (Fsp3) is 0.200. The van der Waals surface area contributed by atoms with Crippen molar-refractivity contribution in [2.45, 2.75) is 6.54 Å². The van der Waals surface area contributed by atoms with E-state index >= 15 is 0 Å². The zero-order chi connectivity index (χ0) is 16.3. The van der Waals surface area contributed by atoms with E-state index in [9.17, 15) is 9.59 Å². The second kappa shape index (κ2) is 6.85. The average molecular weight is 341 g/mol. The number of nitrogens with one attached hydrogen (secondary N) is 1. The monoisotopic (exact) mass is 340 g/mol. The van der Waals surface area contributed by atoms with Crippen LogP contribution in [0, 0.1) is 0 Å². The van der Waals surface area contributed by atoms with Gasteiger partial charge >= 0.3 is 0 Å². The van der Waals surface area contributed by atoms with Crippen molar-refractivity contribution in [1.82, 2.24) is 9.88 Å². The third-order valence-electron chi connectivity index (χ3n) is 3.09. The lowest BCUT2D eigenvalue weighted by atomic mass is 10.1. The molecule has 0 radical (unpaired) electrons. The first-order chi connectivity index (χ1) is 10.4. The molecule has 0 bridgehead atoms. The molecule has 2 aromatic rings. The van der Waals surface area contributed by atoms with E-state index in [1.54, 1.807) is 25.4 Å². The van der Waals surface area contributed by atoms with Gasteiger partial charge in [0.15, 0.2) is 5.75 Å². The van der Waals surface area contributed by atoms with Crippen LogP contribution in [0.2, 0.25) is 10.0 Å². The minimum atomic E-state index is -0.404. The first kappa shape index (κ1) is 16.4. The second-order valence-corrected chi connectivity index (χ2v) is 5.42. The smallest absolute Gasteiger partial charge is 0.256 e. The fourth-order valence-corrected chi connectivity index (χ4v) is 2.44. The van der Waals surface area contributed by atoms with Gasteiger partial charge in [0.1, 0.15) is 5.56 Å². The summed E-state index contributed by atoms with van der Waals surface area (Å²) in [6.45, 7) is 0.249. The van der Waals surface area contributed by atoms with Crippen LogP contribution in [0.3, 0.4) is 0 Å². The Kier molecular flexibility index (Phi) is 5.11. The third kappa shape index (κ3) is 3.43. The fourth-order valence-electron chi connectivity index (χ4n) is 1.97. The molecule has 0 fully saturated rings. The quantitative estimate of drug-likeness (QED) is 0.930. The molecule has 116 valence electrons. The van der Waals surface area contributed by atoms with Crippen molar-refractivity contribution >= 4 is 29.1 Å². The molecule has 22 heavy (non-hydrogen) atoms. The van der Waals surface area contributed by atoms with Gasteiger partial charge in [-0.25, -0.2) is 0 Å². The van der Waals surface area contributed by atoms with Crippen molar-refractivity contribution in [3.8, 4) is 5.75 Å². The number of halogens is 2. The lowest BCUT2D eigenvalue weighted by Gasteiger charge is -2.12. The lowest BCUT2D eigenvalue weighted by Crippen LogP contribution is -2.25. The van der Waals surface area contributed by atoms with Crippen LogP contribution < -0.4 is 15.6 Å². The zero-order valence-electron chi connectivity index (χ0n) is 12.0. The average Bonchev–Trinajstić information content (AvgIpc) is 2.50. The number of nitrogens with zero attached hydrogens (tertiary/aromatic N) is 1. The van der Waals surface area contributed by atoms with Gasteiger partial charge in [-0.2, -0.15) is 0 Å². The molecule has 0 unspecified atom stereocenters. The number of hydrogen-bond acceptors (Lipinski definition) is 3.